The Kier molecular flexibility index (Phi) is 5.74. The van der Waals surface area contributed by atoms with Gasteiger partial charge in [-0.2, -0.15) is 5.26 Å². The maximum Gasteiger partial charge on any atom is 0.246 e. The highest BCUT2D eigenvalue weighted by Gasteiger charge is 2.14. The summed E-state index contributed by atoms with van der Waals surface area (Å²) in [6.45, 7) is 2.12. The topological polar surface area (TPSA) is 74.2 Å². The van der Waals surface area contributed by atoms with Crippen molar-refractivity contribution in [2.75, 3.05) is 26.3 Å². The molecule has 0 aromatic rings. The van der Waals surface area contributed by atoms with E-state index in [1.165, 1.54) is 6.42 Å². The van der Waals surface area contributed by atoms with Crippen LogP contribution in [0.4, 0.5) is 0 Å². The van der Waals surface area contributed by atoms with Crippen molar-refractivity contribution in [2.24, 2.45) is 0 Å². The Morgan fingerprint density at radius 1 is 1.67 bits per heavy atom. The molecule has 1 unspecified atom stereocenters. The summed E-state index contributed by atoms with van der Waals surface area (Å²) in [7, 11) is 0. The first kappa shape index (κ1) is 12.0. The number of carbonyl (C=O) groups is 1. The summed E-state index contributed by atoms with van der Waals surface area (Å²) in [6.07, 6.45) is 2.65. The predicted octanol–water partition coefficient (Wildman–Crippen LogP) is -0.215. The highest BCUT2D eigenvalue weighted by molar-refractivity contribution is 5.77. The smallest absolute Gasteiger partial charge is 0.246 e. The third-order valence-corrected chi connectivity index (χ3v) is 2.27. The van der Waals surface area contributed by atoms with Gasteiger partial charge in [0.15, 0.2) is 0 Å². The van der Waals surface area contributed by atoms with Crippen LogP contribution in [0.15, 0.2) is 0 Å². The number of rotatable bonds is 6. The van der Waals surface area contributed by atoms with Gasteiger partial charge in [-0.25, -0.2) is 0 Å². The van der Waals surface area contributed by atoms with Gasteiger partial charge in [-0.3, -0.25) is 4.79 Å². The molecule has 1 atom stereocenters. The summed E-state index contributed by atoms with van der Waals surface area (Å²) in [5.74, 6) is -0.150. The zero-order valence-corrected chi connectivity index (χ0v) is 8.79. The molecule has 0 aliphatic carbocycles. The van der Waals surface area contributed by atoms with E-state index in [0.29, 0.717) is 25.6 Å². The molecule has 15 heavy (non-hydrogen) atoms. The zero-order valence-electron chi connectivity index (χ0n) is 8.79. The van der Waals surface area contributed by atoms with E-state index in [-0.39, 0.29) is 12.5 Å². The second kappa shape index (κ2) is 7.21. The fraction of sp³-hybridized carbons (Fsp3) is 0.800. The first-order chi connectivity index (χ1) is 7.33. The lowest BCUT2D eigenvalue weighted by molar-refractivity contribution is -0.125. The molecule has 1 heterocycles. The highest BCUT2D eigenvalue weighted by atomic mass is 16.5. The largest absolute Gasteiger partial charge is 0.370 e. The molecule has 1 rings (SSSR count). The fourth-order valence-corrected chi connectivity index (χ4v) is 1.50. The minimum Gasteiger partial charge on any atom is -0.370 e. The number of carbonyl (C=O) groups excluding carboxylic acids is 1. The molecule has 1 aliphatic heterocycles. The van der Waals surface area contributed by atoms with Crippen LogP contribution in [0.1, 0.15) is 19.3 Å². The normalized spacial score (nSPS) is 19.8. The minimum absolute atomic E-state index is 0.0869. The molecule has 0 bridgehead atoms. The Labute approximate surface area is 89.8 Å². The van der Waals surface area contributed by atoms with Crippen LogP contribution in [0.5, 0.6) is 0 Å². The van der Waals surface area contributed by atoms with Crippen LogP contribution in [0.25, 0.3) is 0 Å². The van der Waals surface area contributed by atoms with Gasteiger partial charge < -0.3 is 15.4 Å². The lowest BCUT2D eigenvalue weighted by Gasteiger charge is -2.10. The summed E-state index contributed by atoms with van der Waals surface area (Å²) in [5, 5.41) is 14.1. The quantitative estimate of drug-likeness (QED) is 0.596. The molecule has 0 aromatic carbocycles. The van der Waals surface area contributed by atoms with Crippen LogP contribution >= 0.6 is 0 Å². The molecule has 5 nitrogen and oxygen atoms in total. The SMILES string of the molecule is N#CCCNC(=O)COCC1CCCN1. The molecule has 1 saturated heterocycles. The Hall–Kier alpha value is -1.12. The summed E-state index contributed by atoms with van der Waals surface area (Å²) < 4.78 is 5.25. The lowest BCUT2D eigenvalue weighted by Crippen LogP contribution is -2.32. The van der Waals surface area contributed by atoms with E-state index in [9.17, 15) is 4.79 Å². The van der Waals surface area contributed by atoms with Crippen molar-refractivity contribution in [1.82, 2.24) is 10.6 Å². The molecule has 1 aliphatic rings. The van der Waals surface area contributed by atoms with Crippen LogP contribution in [-0.4, -0.2) is 38.3 Å². The standard InChI is InChI=1S/C10H17N3O2/c11-4-2-6-13-10(14)8-15-7-9-3-1-5-12-9/h9,12H,1-3,5-8H2,(H,13,14). The van der Waals surface area contributed by atoms with Gasteiger partial charge in [-0.15, -0.1) is 0 Å². The summed E-state index contributed by atoms with van der Waals surface area (Å²) in [4.78, 5) is 11.1. The van der Waals surface area contributed by atoms with Crippen molar-refractivity contribution < 1.29 is 9.53 Å². The van der Waals surface area contributed by atoms with Gasteiger partial charge >= 0.3 is 0 Å². The van der Waals surface area contributed by atoms with Gasteiger partial charge in [0, 0.05) is 12.6 Å². The number of nitriles is 1. The summed E-state index contributed by atoms with van der Waals surface area (Å²) in [6, 6.07) is 2.36. The second-order valence-electron chi connectivity index (χ2n) is 3.57. The number of hydrogen-bond acceptors (Lipinski definition) is 4. The van der Waals surface area contributed by atoms with Crippen LogP contribution in [-0.2, 0) is 9.53 Å². The Bertz CT molecular complexity index is 231. The first-order valence-electron chi connectivity index (χ1n) is 5.27. The van der Waals surface area contributed by atoms with E-state index in [0.717, 1.165) is 13.0 Å². The number of ether oxygens (including phenoxy) is 1. The Morgan fingerprint density at radius 2 is 2.53 bits per heavy atom. The molecule has 5 heteroatoms. The first-order valence-corrected chi connectivity index (χ1v) is 5.27. The van der Waals surface area contributed by atoms with Crippen molar-refractivity contribution in [3.05, 3.63) is 0 Å². The van der Waals surface area contributed by atoms with E-state index in [2.05, 4.69) is 10.6 Å². The van der Waals surface area contributed by atoms with Crippen molar-refractivity contribution in [2.45, 2.75) is 25.3 Å². The van der Waals surface area contributed by atoms with Crippen molar-refractivity contribution >= 4 is 5.91 Å². The van der Waals surface area contributed by atoms with Crippen molar-refractivity contribution in [3.8, 4) is 6.07 Å². The molecule has 1 amide bonds. The molecule has 84 valence electrons. The van der Waals surface area contributed by atoms with Gasteiger partial charge in [0.2, 0.25) is 5.91 Å². The Balaban J connectivity index is 1.94. The number of hydrogen-bond donors (Lipinski definition) is 2. The number of nitrogens with zero attached hydrogens (tertiary/aromatic N) is 1. The molecular weight excluding hydrogens is 194 g/mol. The summed E-state index contributed by atoms with van der Waals surface area (Å²) in [5.41, 5.74) is 0. The molecule has 1 fully saturated rings. The number of nitrogens with one attached hydrogen (secondary N) is 2. The van der Waals surface area contributed by atoms with E-state index in [1.54, 1.807) is 0 Å². The molecule has 2 N–H and O–H groups in total. The van der Waals surface area contributed by atoms with Gasteiger partial charge in [-0.05, 0) is 19.4 Å². The van der Waals surface area contributed by atoms with Crippen molar-refractivity contribution in [3.63, 3.8) is 0 Å². The van der Waals surface area contributed by atoms with Crippen LogP contribution in [0, 0.1) is 11.3 Å². The van der Waals surface area contributed by atoms with Crippen LogP contribution in [0.3, 0.4) is 0 Å². The van der Waals surface area contributed by atoms with E-state index < -0.39 is 0 Å². The number of amides is 1. The van der Waals surface area contributed by atoms with Gasteiger partial charge in [0.1, 0.15) is 6.61 Å². The average Bonchev–Trinajstić information content (AvgIpc) is 2.71. The maximum atomic E-state index is 11.1. The van der Waals surface area contributed by atoms with E-state index in [4.69, 9.17) is 10.00 Å². The third-order valence-electron chi connectivity index (χ3n) is 2.27. The second-order valence-corrected chi connectivity index (χ2v) is 3.57. The monoisotopic (exact) mass is 211 g/mol. The minimum atomic E-state index is -0.150. The molecule has 0 radical (unpaired) electrons. The summed E-state index contributed by atoms with van der Waals surface area (Å²) >= 11 is 0. The average molecular weight is 211 g/mol. The van der Waals surface area contributed by atoms with Gasteiger partial charge in [0.05, 0.1) is 19.1 Å². The van der Waals surface area contributed by atoms with Crippen LogP contribution < -0.4 is 10.6 Å². The lowest BCUT2D eigenvalue weighted by atomic mass is 10.2. The maximum absolute atomic E-state index is 11.1. The van der Waals surface area contributed by atoms with Crippen molar-refractivity contribution in [1.29, 1.82) is 5.26 Å². The zero-order chi connectivity index (χ0) is 10.9. The molecular formula is C10H17N3O2. The van der Waals surface area contributed by atoms with E-state index in [1.807, 2.05) is 6.07 Å². The van der Waals surface area contributed by atoms with Gasteiger partial charge in [-0.1, -0.05) is 0 Å². The van der Waals surface area contributed by atoms with Gasteiger partial charge in [0.25, 0.3) is 0 Å². The highest BCUT2D eigenvalue weighted by Crippen LogP contribution is 2.04. The molecule has 0 spiro atoms. The molecule has 0 aromatic heterocycles. The van der Waals surface area contributed by atoms with Crippen LogP contribution in [0.2, 0.25) is 0 Å². The molecule has 0 saturated carbocycles. The Morgan fingerprint density at radius 3 is 3.20 bits per heavy atom. The third kappa shape index (κ3) is 5.35. The predicted molar refractivity (Wildman–Crippen MR) is 55.1 cm³/mol. The van der Waals surface area contributed by atoms with E-state index >= 15 is 0 Å². The fourth-order valence-electron chi connectivity index (χ4n) is 1.50.